The number of alkyl halides is 3. The van der Waals surface area contributed by atoms with Gasteiger partial charge in [0.2, 0.25) is 0 Å². The number of aromatic amines is 1. The van der Waals surface area contributed by atoms with Gasteiger partial charge in [-0.05, 0) is 23.9 Å². The number of urea groups is 1. The lowest BCUT2D eigenvalue weighted by molar-refractivity contribution is -0.0328. The van der Waals surface area contributed by atoms with E-state index in [-0.39, 0.29) is 28.9 Å². The minimum atomic E-state index is -4.42. The topological polar surface area (TPSA) is 73.9 Å². The number of carbonyl (C=O) groups excluding carboxylic acids is 1. The zero-order chi connectivity index (χ0) is 16.2. The van der Waals surface area contributed by atoms with Crippen LogP contribution in [0, 0.1) is 0 Å². The summed E-state index contributed by atoms with van der Waals surface area (Å²) >= 11 is -0.275. The fourth-order valence-electron chi connectivity index (χ4n) is 1.60. The average Bonchev–Trinajstić information content (AvgIpc) is 2.92. The minimum Gasteiger partial charge on any atom is -0.320 e. The highest BCUT2D eigenvalue weighted by molar-refractivity contribution is 8.00. The molecule has 2 N–H and O–H groups in total. The van der Waals surface area contributed by atoms with E-state index in [1.165, 1.54) is 36.5 Å². The summed E-state index contributed by atoms with van der Waals surface area (Å²) < 4.78 is 37.5. The van der Waals surface area contributed by atoms with Gasteiger partial charge in [0.15, 0.2) is 0 Å². The Hall–Kier alpha value is -2.23. The summed E-state index contributed by atoms with van der Waals surface area (Å²) in [5.74, 6) is 0.468. The average molecular weight is 331 g/mol. The summed E-state index contributed by atoms with van der Waals surface area (Å²) in [4.78, 5) is 17.1. The third kappa shape index (κ3) is 4.65. The van der Waals surface area contributed by atoms with Crippen molar-refractivity contribution >= 4 is 23.5 Å². The molecule has 10 heteroatoms. The molecule has 0 radical (unpaired) electrons. The lowest BCUT2D eigenvalue weighted by Gasteiger charge is -2.18. The number of nitrogens with zero attached hydrogens (tertiary/aromatic N) is 3. The Labute approximate surface area is 128 Å². The number of hydrogen-bond donors (Lipinski definition) is 2. The van der Waals surface area contributed by atoms with Crippen LogP contribution in [-0.2, 0) is 6.54 Å². The maximum atomic E-state index is 12.5. The van der Waals surface area contributed by atoms with E-state index < -0.39 is 11.5 Å². The fraction of sp³-hybridized carbons (Fsp3) is 0.250. The van der Waals surface area contributed by atoms with Crippen LogP contribution in [0.15, 0.2) is 35.5 Å². The minimum absolute atomic E-state index is 0.0728. The molecule has 1 aromatic heterocycles. The van der Waals surface area contributed by atoms with Crippen molar-refractivity contribution in [3.63, 3.8) is 0 Å². The maximum absolute atomic E-state index is 12.5. The number of thioether (sulfide) groups is 1. The second kappa shape index (κ2) is 6.69. The van der Waals surface area contributed by atoms with E-state index in [2.05, 4.69) is 20.5 Å². The highest BCUT2D eigenvalue weighted by Gasteiger charge is 2.30. The number of carbonyl (C=O) groups is 1. The van der Waals surface area contributed by atoms with Crippen LogP contribution in [0.3, 0.4) is 0 Å². The summed E-state index contributed by atoms with van der Waals surface area (Å²) in [6.45, 7) is 0.153. The predicted molar refractivity (Wildman–Crippen MR) is 75.2 cm³/mol. The van der Waals surface area contributed by atoms with Gasteiger partial charge in [0.1, 0.15) is 12.2 Å². The van der Waals surface area contributed by atoms with Gasteiger partial charge < -0.3 is 10.2 Å². The first kappa shape index (κ1) is 16.1. The van der Waals surface area contributed by atoms with Crippen molar-refractivity contribution in [2.24, 2.45) is 0 Å². The summed E-state index contributed by atoms with van der Waals surface area (Å²) in [7, 11) is 1.50. The highest BCUT2D eigenvalue weighted by atomic mass is 32.2. The number of anilines is 1. The van der Waals surface area contributed by atoms with Crippen LogP contribution >= 0.6 is 11.8 Å². The van der Waals surface area contributed by atoms with Gasteiger partial charge in [-0.3, -0.25) is 5.10 Å². The smallest absolute Gasteiger partial charge is 0.320 e. The molecule has 0 atom stereocenters. The number of hydrogen-bond acceptors (Lipinski definition) is 4. The van der Waals surface area contributed by atoms with Crippen molar-refractivity contribution in [1.82, 2.24) is 20.1 Å². The molecular formula is C12H12F3N5OS. The van der Waals surface area contributed by atoms with Crippen molar-refractivity contribution in [3.05, 3.63) is 36.4 Å². The Balaban J connectivity index is 2.05. The Kier molecular flexibility index (Phi) is 4.91. The van der Waals surface area contributed by atoms with Gasteiger partial charge >= 0.3 is 11.5 Å². The molecule has 0 unspecified atom stereocenters. The lowest BCUT2D eigenvalue weighted by Crippen LogP contribution is -2.31. The predicted octanol–water partition coefficient (Wildman–Crippen LogP) is 3.08. The number of halogens is 3. The number of amides is 2. The van der Waals surface area contributed by atoms with Gasteiger partial charge in [0, 0.05) is 11.9 Å². The van der Waals surface area contributed by atoms with Crippen molar-refractivity contribution in [3.8, 4) is 0 Å². The molecule has 1 heterocycles. The normalized spacial score (nSPS) is 11.3. The molecule has 118 valence electrons. The van der Waals surface area contributed by atoms with Crippen LogP contribution < -0.4 is 5.32 Å². The standard InChI is InChI=1S/C12H12F3N5OS/c1-20(6-10-16-7-17-19-10)11(21)18-8-4-2-3-5-9(8)22-12(13,14)15/h2-5,7H,6H2,1H3,(H,18,21)(H,16,17,19). The number of aromatic nitrogens is 3. The number of rotatable bonds is 4. The van der Waals surface area contributed by atoms with Gasteiger partial charge in [0.25, 0.3) is 0 Å². The number of benzene rings is 1. The molecule has 0 aliphatic heterocycles. The zero-order valence-electron chi connectivity index (χ0n) is 11.4. The van der Waals surface area contributed by atoms with Gasteiger partial charge in [-0.15, -0.1) is 0 Å². The first-order chi connectivity index (χ1) is 10.3. The van der Waals surface area contributed by atoms with Crippen LogP contribution in [0.1, 0.15) is 5.82 Å². The van der Waals surface area contributed by atoms with Crippen LogP contribution in [0.5, 0.6) is 0 Å². The molecule has 2 aromatic rings. The highest BCUT2D eigenvalue weighted by Crippen LogP contribution is 2.40. The van der Waals surface area contributed by atoms with Crippen molar-refractivity contribution < 1.29 is 18.0 Å². The second-order valence-electron chi connectivity index (χ2n) is 4.26. The summed E-state index contributed by atoms with van der Waals surface area (Å²) in [5, 5.41) is 8.69. The third-order valence-electron chi connectivity index (χ3n) is 2.55. The lowest BCUT2D eigenvalue weighted by atomic mass is 10.3. The second-order valence-corrected chi connectivity index (χ2v) is 5.37. The molecule has 0 saturated carbocycles. The number of H-pyrrole nitrogens is 1. The van der Waals surface area contributed by atoms with Crippen LogP contribution in [0.25, 0.3) is 0 Å². The van der Waals surface area contributed by atoms with Crippen LogP contribution in [0.4, 0.5) is 23.7 Å². The molecule has 1 aromatic carbocycles. The van der Waals surface area contributed by atoms with E-state index in [0.717, 1.165) is 0 Å². The third-order valence-corrected chi connectivity index (χ3v) is 3.36. The summed E-state index contributed by atoms with van der Waals surface area (Å²) in [5.41, 5.74) is -4.33. The molecule has 0 saturated heterocycles. The van der Waals surface area contributed by atoms with Gasteiger partial charge in [0.05, 0.1) is 12.2 Å². The van der Waals surface area contributed by atoms with Gasteiger partial charge in [-0.1, -0.05) is 12.1 Å². The summed E-state index contributed by atoms with van der Waals surface area (Å²) in [6, 6.07) is 5.18. The molecular weight excluding hydrogens is 319 g/mol. The molecule has 2 rings (SSSR count). The van der Waals surface area contributed by atoms with E-state index in [4.69, 9.17) is 0 Å². The molecule has 0 spiro atoms. The molecule has 6 nitrogen and oxygen atoms in total. The zero-order valence-corrected chi connectivity index (χ0v) is 12.2. The molecule has 0 aliphatic carbocycles. The summed E-state index contributed by atoms with van der Waals surface area (Å²) in [6.07, 6.45) is 1.30. The molecule has 2 amide bonds. The van der Waals surface area contributed by atoms with E-state index in [0.29, 0.717) is 5.82 Å². The van der Waals surface area contributed by atoms with Crippen molar-refractivity contribution in [1.29, 1.82) is 0 Å². The van der Waals surface area contributed by atoms with Crippen molar-refractivity contribution in [2.45, 2.75) is 16.9 Å². The number of para-hydroxylation sites is 1. The van der Waals surface area contributed by atoms with Crippen LogP contribution in [0.2, 0.25) is 0 Å². The molecule has 0 fully saturated rings. The molecule has 22 heavy (non-hydrogen) atoms. The van der Waals surface area contributed by atoms with Gasteiger partial charge in [-0.25, -0.2) is 9.78 Å². The first-order valence-electron chi connectivity index (χ1n) is 6.06. The monoisotopic (exact) mass is 331 g/mol. The maximum Gasteiger partial charge on any atom is 0.446 e. The van der Waals surface area contributed by atoms with Crippen molar-refractivity contribution in [2.75, 3.05) is 12.4 Å². The van der Waals surface area contributed by atoms with E-state index in [1.807, 2.05) is 0 Å². The molecule has 0 aliphatic rings. The van der Waals surface area contributed by atoms with E-state index in [9.17, 15) is 18.0 Å². The first-order valence-corrected chi connectivity index (χ1v) is 6.88. The molecule has 0 bridgehead atoms. The SMILES string of the molecule is CN(Cc1ncn[nH]1)C(=O)Nc1ccccc1SC(F)(F)F. The fourth-order valence-corrected chi connectivity index (χ4v) is 2.22. The largest absolute Gasteiger partial charge is 0.446 e. The van der Waals surface area contributed by atoms with E-state index >= 15 is 0 Å². The van der Waals surface area contributed by atoms with Gasteiger partial charge in [-0.2, -0.15) is 18.3 Å². The Morgan fingerprint density at radius 3 is 2.77 bits per heavy atom. The van der Waals surface area contributed by atoms with Crippen LogP contribution in [-0.4, -0.2) is 38.7 Å². The number of nitrogens with one attached hydrogen (secondary N) is 2. The Morgan fingerprint density at radius 2 is 2.14 bits per heavy atom. The van der Waals surface area contributed by atoms with E-state index in [1.54, 1.807) is 6.07 Å². The Bertz CT molecular complexity index is 632. The quantitative estimate of drug-likeness (QED) is 0.845. The Morgan fingerprint density at radius 1 is 1.41 bits per heavy atom.